The van der Waals surface area contributed by atoms with Gasteiger partial charge in [-0.05, 0) is 88.4 Å². The van der Waals surface area contributed by atoms with E-state index in [-0.39, 0.29) is 54.9 Å². The third-order valence-corrected chi connectivity index (χ3v) is 10.4. The lowest BCUT2D eigenvalue weighted by molar-refractivity contribution is -0.192. The summed E-state index contributed by atoms with van der Waals surface area (Å²) in [4.78, 5) is 52.6. The number of amides is 1. The molecule has 4 rings (SSSR count). The summed E-state index contributed by atoms with van der Waals surface area (Å²) in [5.74, 6) is -3.19. The van der Waals surface area contributed by atoms with E-state index in [1.807, 2.05) is 26.0 Å². The number of allylic oxidation sites excluding steroid dienone is 1. The molecule has 2 heterocycles. The van der Waals surface area contributed by atoms with E-state index in [1.165, 1.54) is 19.8 Å². The molecule has 0 aromatic rings. The highest BCUT2D eigenvalue weighted by molar-refractivity contribution is 5.89. The third-order valence-electron chi connectivity index (χ3n) is 10.4. The number of methoxy groups -OCH3 is 2. The summed E-state index contributed by atoms with van der Waals surface area (Å²) in [6.07, 6.45) is 4.14. The Kier molecular flexibility index (Phi) is 28.2. The van der Waals surface area contributed by atoms with Crippen molar-refractivity contribution >= 4 is 23.8 Å². The van der Waals surface area contributed by atoms with Crippen molar-refractivity contribution in [3.63, 3.8) is 0 Å². The lowest BCUT2D eigenvalue weighted by atomic mass is 9.79. The fourth-order valence-electron chi connectivity index (χ4n) is 7.08. The van der Waals surface area contributed by atoms with Crippen LogP contribution in [0.3, 0.4) is 0 Å². The number of nitrogens with zero attached hydrogens (tertiary/aromatic N) is 7. The van der Waals surface area contributed by atoms with Gasteiger partial charge in [-0.2, -0.15) is 13.2 Å². The Balaban J connectivity index is 0.000000486. The molecule has 63 heavy (non-hydrogen) atoms. The zero-order valence-electron chi connectivity index (χ0n) is 37.4. The monoisotopic (exact) mass is 905 g/mol. The SMILES string of the molecule is CCOC(=O)C1=C[C@@H](C)[C@H](C)[C@@H](N=[N+]=[N-])C1.CCOC(=O)C1=C[C@@H](N2CCC[C@@H](OCCOC)C2)[C@H](NC(C)=O)[C@@H](N=[N+]=[N-])C1.COCCO[C@@H]1CCCNC1.O=C(O)C(F)(F)F. The Hall–Kier alpha value is -4.47. The number of likely N-dealkylation sites (tertiary alicyclic amines) is 1. The maximum atomic E-state index is 12.4. The molecule has 358 valence electrons. The minimum atomic E-state index is -5.08. The number of alkyl halides is 3. The number of rotatable bonds is 16. The number of piperidine rings is 2. The van der Waals surface area contributed by atoms with E-state index in [9.17, 15) is 27.6 Å². The van der Waals surface area contributed by atoms with Gasteiger partial charge in [0.05, 0.1) is 63.9 Å². The summed E-state index contributed by atoms with van der Waals surface area (Å²) in [5, 5.41) is 21.0. The Labute approximate surface area is 366 Å². The number of aliphatic carboxylic acids is 1. The van der Waals surface area contributed by atoms with Crippen LogP contribution < -0.4 is 10.6 Å². The Morgan fingerprint density at radius 1 is 0.873 bits per heavy atom. The molecule has 3 N–H and O–H groups in total. The van der Waals surface area contributed by atoms with E-state index in [0.29, 0.717) is 56.6 Å². The maximum absolute atomic E-state index is 12.4. The standard InChI is InChI=1S/C19H31N5O5.C11H17N3O2.C8H17NO2.C2HF3O2/c1-4-28-19(26)14-10-16(22-23-20)18(21-13(2)25)17(11-14)24-7-5-6-15(12-24)29-9-8-27-3;1-4-16-11(15)9-5-7(2)8(3)10(6-9)13-14-12;1-10-5-6-11-8-3-2-4-9-7-8;3-2(4,5)1(6)7/h11,15-18H,4-10,12H2,1-3H3,(H,21,25);5,7-8,10H,4,6H2,1-3H3;8-9H,2-7H2,1H3;(H,6,7)/t15-,16+,17-,18-;7-,8+,10+;8-;/m111./s1. The Bertz CT molecular complexity index is 1570. The first-order chi connectivity index (χ1) is 30.0. The predicted molar refractivity (Wildman–Crippen MR) is 224 cm³/mol. The highest BCUT2D eigenvalue weighted by atomic mass is 19.4. The van der Waals surface area contributed by atoms with Crippen molar-refractivity contribution < 1.29 is 65.9 Å². The van der Waals surface area contributed by atoms with Gasteiger partial charge in [0, 0.05) is 67.3 Å². The quantitative estimate of drug-likeness (QED) is 0.0575. The van der Waals surface area contributed by atoms with Crippen LogP contribution in [0, 0.1) is 11.8 Å². The maximum Gasteiger partial charge on any atom is 0.490 e. The van der Waals surface area contributed by atoms with Gasteiger partial charge in [0.15, 0.2) is 0 Å². The van der Waals surface area contributed by atoms with Crippen molar-refractivity contribution in [1.29, 1.82) is 0 Å². The average Bonchev–Trinajstić information content (AvgIpc) is 3.24. The van der Waals surface area contributed by atoms with E-state index >= 15 is 0 Å². The molecule has 1 amide bonds. The first kappa shape index (κ1) is 56.5. The van der Waals surface area contributed by atoms with Crippen LogP contribution in [0.4, 0.5) is 13.2 Å². The van der Waals surface area contributed by atoms with Gasteiger partial charge in [-0.1, -0.05) is 36.2 Å². The van der Waals surface area contributed by atoms with Gasteiger partial charge in [0.2, 0.25) is 5.91 Å². The van der Waals surface area contributed by atoms with Crippen LogP contribution >= 0.6 is 0 Å². The van der Waals surface area contributed by atoms with Gasteiger partial charge >= 0.3 is 24.1 Å². The Morgan fingerprint density at radius 2 is 1.40 bits per heavy atom. The van der Waals surface area contributed by atoms with Crippen molar-refractivity contribution in [3.05, 3.63) is 44.2 Å². The molecule has 0 unspecified atom stereocenters. The van der Waals surface area contributed by atoms with Gasteiger partial charge in [-0.3, -0.25) is 9.69 Å². The highest BCUT2D eigenvalue weighted by Crippen LogP contribution is 2.32. The number of carbonyl (C=O) groups excluding carboxylic acids is 3. The van der Waals surface area contributed by atoms with E-state index in [2.05, 4.69) is 35.6 Å². The number of azide groups is 2. The summed E-state index contributed by atoms with van der Waals surface area (Å²) in [7, 11) is 3.33. The molecule has 0 aromatic heterocycles. The lowest BCUT2D eigenvalue weighted by Gasteiger charge is -2.44. The highest BCUT2D eigenvalue weighted by Gasteiger charge is 2.40. The van der Waals surface area contributed by atoms with E-state index in [4.69, 9.17) is 49.4 Å². The third kappa shape index (κ3) is 22.1. The molecule has 0 saturated carbocycles. The summed E-state index contributed by atoms with van der Waals surface area (Å²) in [5.41, 5.74) is 18.6. The minimum absolute atomic E-state index is 0.0381. The molecule has 2 aliphatic heterocycles. The molecule has 0 spiro atoms. The molecular weight excluding hydrogens is 839 g/mol. The van der Waals surface area contributed by atoms with Crippen molar-refractivity contribution in [3.8, 4) is 0 Å². The van der Waals surface area contributed by atoms with Gasteiger partial charge < -0.3 is 44.2 Å². The second-order valence-electron chi connectivity index (χ2n) is 15.0. The number of ether oxygens (including phenoxy) is 6. The molecule has 8 atom stereocenters. The molecule has 0 bridgehead atoms. The Morgan fingerprint density at radius 3 is 1.89 bits per heavy atom. The second-order valence-corrected chi connectivity index (χ2v) is 15.0. The van der Waals surface area contributed by atoms with Gasteiger partial charge in [0.1, 0.15) is 0 Å². The molecule has 2 saturated heterocycles. The first-order valence-electron chi connectivity index (χ1n) is 21.0. The number of hydrogen-bond acceptors (Lipinski definition) is 14. The van der Waals surface area contributed by atoms with E-state index in [1.54, 1.807) is 28.1 Å². The van der Waals surface area contributed by atoms with Crippen LogP contribution in [0.25, 0.3) is 20.9 Å². The van der Waals surface area contributed by atoms with Crippen LogP contribution in [0.5, 0.6) is 0 Å². The largest absolute Gasteiger partial charge is 0.490 e. The number of carbonyl (C=O) groups is 4. The van der Waals surface area contributed by atoms with Crippen LogP contribution in [-0.4, -0.2) is 156 Å². The molecule has 2 aliphatic carbocycles. The molecule has 4 aliphatic rings. The molecule has 0 aromatic carbocycles. The number of hydrogen-bond donors (Lipinski definition) is 3. The zero-order chi connectivity index (χ0) is 47.4. The first-order valence-corrected chi connectivity index (χ1v) is 21.0. The van der Waals surface area contributed by atoms with E-state index in [0.717, 1.165) is 39.1 Å². The van der Waals surface area contributed by atoms with Gasteiger partial charge in [0.25, 0.3) is 0 Å². The smallest absolute Gasteiger partial charge is 0.475 e. The summed E-state index contributed by atoms with van der Waals surface area (Å²) >= 11 is 0. The van der Waals surface area contributed by atoms with Crippen LogP contribution in [-0.2, 0) is 47.6 Å². The van der Waals surface area contributed by atoms with Crippen molar-refractivity contribution in [2.45, 2.75) is 116 Å². The lowest BCUT2D eigenvalue weighted by Crippen LogP contribution is -2.60. The number of nitrogens with one attached hydrogen (secondary N) is 2. The molecule has 23 heteroatoms. The summed E-state index contributed by atoms with van der Waals surface area (Å²) in [6.45, 7) is 15.7. The van der Waals surface area contributed by atoms with E-state index < -0.39 is 30.2 Å². The molecule has 2 fully saturated rings. The average molecular weight is 906 g/mol. The van der Waals surface area contributed by atoms with Gasteiger partial charge in [-0.15, -0.1) is 0 Å². The number of esters is 2. The fourth-order valence-corrected chi connectivity index (χ4v) is 7.08. The van der Waals surface area contributed by atoms with Crippen molar-refractivity contribution in [2.75, 3.05) is 80.0 Å². The van der Waals surface area contributed by atoms with Crippen LogP contribution in [0.1, 0.15) is 73.1 Å². The fraction of sp³-hybridized carbons (Fsp3) is 0.800. The molecule has 20 nitrogen and oxygen atoms in total. The number of carboxylic acids is 1. The summed E-state index contributed by atoms with van der Waals surface area (Å²) in [6, 6.07) is -1.45. The number of halogens is 3. The topological polar surface area (TPSA) is 269 Å². The minimum Gasteiger partial charge on any atom is -0.475 e. The van der Waals surface area contributed by atoms with Crippen LogP contribution in [0.15, 0.2) is 33.5 Å². The van der Waals surface area contributed by atoms with Crippen molar-refractivity contribution in [2.24, 2.45) is 22.1 Å². The summed E-state index contributed by atoms with van der Waals surface area (Å²) < 4.78 is 63.2. The second kappa shape index (κ2) is 31.4. The van der Waals surface area contributed by atoms with Crippen molar-refractivity contribution in [1.82, 2.24) is 15.5 Å². The predicted octanol–water partition coefficient (Wildman–Crippen LogP) is 5.42. The molecular formula is C40H66F3N9O11. The zero-order valence-corrected chi connectivity index (χ0v) is 37.4. The van der Waals surface area contributed by atoms with Gasteiger partial charge in [-0.25, -0.2) is 14.4 Å². The van der Waals surface area contributed by atoms with Crippen LogP contribution in [0.2, 0.25) is 0 Å². The number of carboxylic acid groups (broad SMARTS) is 1. The molecule has 0 radical (unpaired) electrons. The normalized spacial score (nSPS) is 25.7.